The molecule has 3 atom stereocenters. The smallest absolute Gasteiger partial charge is 0.334 e. The van der Waals surface area contributed by atoms with Crippen molar-refractivity contribution < 1.29 is 29.0 Å². The summed E-state index contributed by atoms with van der Waals surface area (Å²) in [6.45, 7) is 12.2. The number of aliphatic carboxylic acids is 1. The third-order valence-electron chi connectivity index (χ3n) is 7.59. The highest BCUT2D eigenvalue weighted by molar-refractivity contribution is 5.87. The van der Waals surface area contributed by atoms with E-state index in [-0.39, 0.29) is 36.2 Å². The summed E-state index contributed by atoms with van der Waals surface area (Å²) in [5.74, 6) is -0.736. The first-order valence-corrected chi connectivity index (χ1v) is 13.7. The Balaban J connectivity index is 1.97. The van der Waals surface area contributed by atoms with Crippen LogP contribution in [0.15, 0.2) is 23.8 Å². The number of fused-ring (bicyclic) bond motifs is 3. The lowest BCUT2D eigenvalue weighted by Crippen LogP contribution is -2.47. The van der Waals surface area contributed by atoms with Crippen LogP contribution in [0.1, 0.15) is 104 Å². The fraction of sp³-hybridized carbons (Fsp3) is 0.633. The van der Waals surface area contributed by atoms with Gasteiger partial charge >= 0.3 is 11.9 Å². The molecule has 1 aromatic rings. The number of hydrogen-bond donors (Lipinski definition) is 2. The number of allylic oxidation sites excluding steroid dienone is 2. The van der Waals surface area contributed by atoms with Crippen molar-refractivity contribution in [3.8, 4) is 11.5 Å². The van der Waals surface area contributed by atoms with E-state index in [9.17, 15) is 14.4 Å². The second kappa shape index (κ2) is 12.1. The van der Waals surface area contributed by atoms with Crippen LogP contribution >= 0.6 is 0 Å². The lowest BCUT2D eigenvalue weighted by Gasteiger charge is -2.46. The van der Waals surface area contributed by atoms with Gasteiger partial charge in [0.25, 0.3) is 0 Å². The van der Waals surface area contributed by atoms with E-state index in [1.165, 1.54) is 5.57 Å². The number of unbranched alkanes of at least 4 members (excludes halogenated alkanes) is 2. The topological polar surface area (TPSA) is 102 Å². The van der Waals surface area contributed by atoms with Gasteiger partial charge in [-0.05, 0) is 70.1 Å². The first kappa shape index (κ1) is 28.7. The predicted molar refractivity (Wildman–Crippen MR) is 143 cm³/mol. The summed E-state index contributed by atoms with van der Waals surface area (Å²) in [7, 11) is 0. The fourth-order valence-electron chi connectivity index (χ4n) is 5.50. The number of amides is 1. The van der Waals surface area contributed by atoms with Crippen molar-refractivity contribution in [3.05, 3.63) is 34.9 Å². The molecule has 1 aromatic carbocycles. The molecule has 204 valence electrons. The Morgan fingerprint density at radius 1 is 1.19 bits per heavy atom. The van der Waals surface area contributed by atoms with Crippen LogP contribution in [-0.2, 0) is 20.8 Å². The Kier molecular flexibility index (Phi) is 9.43. The Morgan fingerprint density at radius 3 is 2.57 bits per heavy atom. The van der Waals surface area contributed by atoms with Gasteiger partial charge in [-0.2, -0.15) is 0 Å². The van der Waals surface area contributed by atoms with Crippen LogP contribution in [-0.4, -0.2) is 34.6 Å². The van der Waals surface area contributed by atoms with Crippen molar-refractivity contribution >= 4 is 17.8 Å². The van der Waals surface area contributed by atoms with E-state index in [0.717, 1.165) is 55.4 Å². The number of carboxylic acids is 1. The molecule has 1 amide bonds. The van der Waals surface area contributed by atoms with Crippen molar-refractivity contribution in [2.45, 2.75) is 110 Å². The molecule has 0 aromatic heterocycles. The summed E-state index contributed by atoms with van der Waals surface area (Å²) in [5, 5.41) is 11.6. The van der Waals surface area contributed by atoms with Crippen LogP contribution in [0, 0.1) is 11.8 Å². The van der Waals surface area contributed by atoms with Gasteiger partial charge < -0.3 is 19.9 Å². The number of nitrogens with one attached hydrogen (secondary N) is 1. The number of carboxylic acid groups (broad SMARTS) is 1. The number of hydrogen-bond acceptors (Lipinski definition) is 5. The molecule has 0 bridgehead atoms. The second-order valence-corrected chi connectivity index (χ2v) is 11.5. The average Bonchev–Trinajstić information content (AvgIpc) is 2.80. The van der Waals surface area contributed by atoms with E-state index in [4.69, 9.17) is 14.6 Å². The number of benzene rings is 1. The van der Waals surface area contributed by atoms with Crippen molar-refractivity contribution in [2.75, 3.05) is 0 Å². The Labute approximate surface area is 221 Å². The molecule has 7 nitrogen and oxygen atoms in total. The van der Waals surface area contributed by atoms with Gasteiger partial charge in [0.1, 0.15) is 23.1 Å². The SMILES string of the molecule is CCCCCc1cc(OC(=O)[C@@H](NC(=O)CCC(=O)O)C(C)C)c2c(c1)OC(C)(C)C1CCC(C)=CC21. The molecule has 0 fully saturated rings. The van der Waals surface area contributed by atoms with Gasteiger partial charge in [-0.3, -0.25) is 9.59 Å². The van der Waals surface area contributed by atoms with Crippen LogP contribution in [0.3, 0.4) is 0 Å². The number of ether oxygens (including phenoxy) is 2. The third kappa shape index (κ3) is 7.14. The van der Waals surface area contributed by atoms with Gasteiger partial charge in [0.15, 0.2) is 0 Å². The molecule has 0 radical (unpaired) electrons. The number of rotatable bonds is 11. The van der Waals surface area contributed by atoms with Gasteiger partial charge in [0, 0.05) is 23.8 Å². The second-order valence-electron chi connectivity index (χ2n) is 11.5. The zero-order valence-electron chi connectivity index (χ0n) is 23.2. The lowest BCUT2D eigenvalue weighted by atomic mass is 9.68. The maximum absolute atomic E-state index is 13.4. The lowest BCUT2D eigenvalue weighted by molar-refractivity contribution is -0.141. The fourth-order valence-corrected chi connectivity index (χ4v) is 5.50. The zero-order valence-corrected chi connectivity index (χ0v) is 23.2. The van der Waals surface area contributed by atoms with Crippen molar-refractivity contribution in [3.63, 3.8) is 0 Å². The van der Waals surface area contributed by atoms with Crippen molar-refractivity contribution in [1.82, 2.24) is 5.32 Å². The minimum atomic E-state index is -1.06. The van der Waals surface area contributed by atoms with E-state index < -0.39 is 23.9 Å². The molecule has 37 heavy (non-hydrogen) atoms. The van der Waals surface area contributed by atoms with Crippen molar-refractivity contribution in [2.24, 2.45) is 11.8 Å². The summed E-state index contributed by atoms with van der Waals surface area (Å²) in [6.07, 6.45) is 7.95. The molecule has 0 saturated carbocycles. The molecule has 0 saturated heterocycles. The molecule has 7 heteroatoms. The number of carbonyl (C=O) groups is 3. The van der Waals surface area contributed by atoms with Gasteiger partial charge in [-0.1, -0.05) is 45.3 Å². The number of carbonyl (C=O) groups excluding carboxylic acids is 2. The maximum Gasteiger partial charge on any atom is 0.334 e. The van der Waals surface area contributed by atoms with Crippen molar-refractivity contribution in [1.29, 1.82) is 0 Å². The number of esters is 1. The van der Waals surface area contributed by atoms with Crippen LogP contribution in [0.5, 0.6) is 11.5 Å². The predicted octanol–water partition coefficient (Wildman–Crippen LogP) is 5.94. The monoisotopic (exact) mass is 513 g/mol. The van der Waals surface area contributed by atoms with E-state index >= 15 is 0 Å². The van der Waals surface area contributed by atoms with Gasteiger partial charge in [-0.25, -0.2) is 4.79 Å². The molecule has 3 rings (SSSR count). The summed E-state index contributed by atoms with van der Waals surface area (Å²) in [5.41, 5.74) is 2.93. The van der Waals surface area contributed by atoms with Gasteiger partial charge in [0.2, 0.25) is 5.91 Å². The van der Waals surface area contributed by atoms with E-state index in [1.807, 2.05) is 19.9 Å². The summed E-state index contributed by atoms with van der Waals surface area (Å²) in [4.78, 5) is 36.6. The van der Waals surface area contributed by atoms with E-state index in [0.29, 0.717) is 5.75 Å². The molecule has 1 aliphatic heterocycles. The molecule has 1 aliphatic carbocycles. The zero-order chi connectivity index (χ0) is 27.3. The molecule has 1 heterocycles. The highest BCUT2D eigenvalue weighted by Crippen LogP contribution is 2.53. The molecule has 2 aliphatic rings. The highest BCUT2D eigenvalue weighted by atomic mass is 16.5. The standard InChI is InChI=1S/C30H43NO6/c1-7-8-9-10-20-16-23(36-29(35)28(18(2)3)31-25(32)13-14-26(33)34)27-21-15-19(4)11-12-22(21)30(5,6)37-24(27)17-20/h15-18,21-22,28H,7-14H2,1-6H3,(H,31,32)(H,33,34)/t21?,22?,28-/m0/s1. The van der Waals surface area contributed by atoms with E-state index in [1.54, 1.807) is 0 Å². The van der Waals surface area contributed by atoms with Crippen LogP contribution in [0.2, 0.25) is 0 Å². The molecular formula is C30H43NO6. The van der Waals surface area contributed by atoms with Crippen LogP contribution in [0.25, 0.3) is 0 Å². The molecule has 2 unspecified atom stereocenters. The summed E-state index contributed by atoms with van der Waals surface area (Å²) < 4.78 is 12.7. The average molecular weight is 514 g/mol. The molecule has 2 N–H and O–H groups in total. The van der Waals surface area contributed by atoms with Crippen LogP contribution < -0.4 is 14.8 Å². The van der Waals surface area contributed by atoms with Gasteiger partial charge in [-0.15, -0.1) is 0 Å². The largest absolute Gasteiger partial charge is 0.487 e. The maximum atomic E-state index is 13.4. The quantitative estimate of drug-likeness (QED) is 0.164. The Hall–Kier alpha value is -2.83. The molecular weight excluding hydrogens is 470 g/mol. The summed E-state index contributed by atoms with van der Waals surface area (Å²) in [6, 6.07) is 3.18. The normalized spacial score (nSPS) is 20.7. The first-order valence-electron chi connectivity index (χ1n) is 13.7. The highest BCUT2D eigenvalue weighted by Gasteiger charge is 2.46. The minimum absolute atomic E-state index is 0.0719. The number of aryl methyl sites for hydroxylation is 1. The summed E-state index contributed by atoms with van der Waals surface area (Å²) >= 11 is 0. The molecule has 0 spiro atoms. The Morgan fingerprint density at radius 2 is 1.92 bits per heavy atom. The Bertz CT molecular complexity index is 1040. The van der Waals surface area contributed by atoms with Gasteiger partial charge in [0.05, 0.1) is 6.42 Å². The third-order valence-corrected chi connectivity index (χ3v) is 7.59. The van der Waals surface area contributed by atoms with E-state index in [2.05, 4.69) is 45.2 Å². The first-order chi connectivity index (χ1) is 17.4. The minimum Gasteiger partial charge on any atom is -0.487 e. The van der Waals surface area contributed by atoms with Crippen LogP contribution in [0.4, 0.5) is 0 Å².